The summed E-state index contributed by atoms with van der Waals surface area (Å²) in [4.78, 5) is 27.9. The highest BCUT2D eigenvalue weighted by Crippen LogP contribution is 2.27. The predicted molar refractivity (Wildman–Crippen MR) is 83.8 cm³/mol. The number of morpholine rings is 1. The van der Waals surface area contributed by atoms with Crippen molar-refractivity contribution in [2.45, 2.75) is 32.1 Å². The maximum atomic E-state index is 12.6. The van der Waals surface area contributed by atoms with Crippen LogP contribution < -0.4 is 0 Å². The van der Waals surface area contributed by atoms with Gasteiger partial charge in [-0.3, -0.25) is 9.69 Å². The molecule has 3 atom stereocenters. The van der Waals surface area contributed by atoms with Crippen LogP contribution in [0.1, 0.15) is 25.5 Å². The van der Waals surface area contributed by atoms with Crippen molar-refractivity contribution in [1.82, 2.24) is 9.80 Å². The van der Waals surface area contributed by atoms with Gasteiger partial charge >= 0.3 is 6.09 Å². The average molecular weight is 318 g/mol. The SMILES string of the molecule is C[C@@H]1CN(C(=O)CN2C(=O)OC[C@@H]2c2ccccc2)C[C@H](C)O1. The molecule has 0 radical (unpaired) electrons. The van der Waals surface area contributed by atoms with E-state index in [4.69, 9.17) is 9.47 Å². The third-order valence-electron chi connectivity index (χ3n) is 4.24. The lowest BCUT2D eigenvalue weighted by Crippen LogP contribution is -2.51. The fraction of sp³-hybridized carbons (Fsp3) is 0.529. The molecule has 0 saturated carbocycles. The molecule has 2 saturated heterocycles. The Morgan fingerprint density at radius 3 is 2.48 bits per heavy atom. The van der Waals surface area contributed by atoms with Gasteiger partial charge in [0.05, 0.1) is 18.2 Å². The van der Waals surface area contributed by atoms with Gasteiger partial charge in [0, 0.05) is 13.1 Å². The van der Waals surface area contributed by atoms with Crippen LogP contribution in [0.4, 0.5) is 4.79 Å². The van der Waals surface area contributed by atoms with Gasteiger partial charge in [0.15, 0.2) is 0 Å². The summed E-state index contributed by atoms with van der Waals surface area (Å²) >= 11 is 0. The van der Waals surface area contributed by atoms with Crippen molar-refractivity contribution in [3.8, 4) is 0 Å². The number of hydrogen-bond acceptors (Lipinski definition) is 4. The van der Waals surface area contributed by atoms with E-state index in [2.05, 4.69) is 0 Å². The number of nitrogens with zero attached hydrogens (tertiary/aromatic N) is 2. The molecule has 3 rings (SSSR count). The highest BCUT2D eigenvalue weighted by Gasteiger charge is 2.37. The maximum absolute atomic E-state index is 12.6. The van der Waals surface area contributed by atoms with Crippen molar-refractivity contribution in [2.24, 2.45) is 0 Å². The van der Waals surface area contributed by atoms with Crippen molar-refractivity contribution in [3.63, 3.8) is 0 Å². The molecule has 0 unspecified atom stereocenters. The molecular weight excluding hydrogens is 296 g/mol. The van der Waals surface area contributed by atoms with E-state index < -0.39 is 6.09 Å². The van der Waals surface area contributed by atoms with Crippen molar-refractivity contribution < 1.29 is 19.1 Å². The third-order valence-corrected chi connectivity index (χ3v) is 4.24. The molecule has 23 heavy (non-hydrogen) atoms. The van der Waals surface area contributed by atoms with Gasteiger partial charge in [0.1, 0.15) is 13.2 Å². The van der Waals surface area contributed by atoms with Gasteiger partial charge in [0.25, 0.3) is 0 Å². The normalized spacial score (nSPS) is 27.9. The number of hydrogen-bond donors (Lipinski definition) is 0. The Hall–Kier alpha value is -2.08. The average Bonchev–Trinajstić information content (AvgIpc) is 2.88. The van der Waals surface area contributed by atoms with Crippen molar-refractivity contribution >= 4 is 12.0 Å². The second-order valence-corrected chi connectivity index (χ2v) is 6.19. The molecule has 0 aliphatic carbocycles. The van der Waals surface area contributed by atoms with Gasteiger partial charge in [-0.1, -0.05) is 30.3 Å². The summed E-state index contributed by atoms with van der Waals surface area (Å²) in [5.41, 5.74) is 0.981. The first-order valence-electron chi connectivity index (χ1n) is 7.96. The summed E-state index contributed by atoms with van der Waals surface area (Å²) in [6.07, 6.45) is -0.405. The Morgan fingerprint density at radius 2 is 1.83 bits per heavy atom. The minimum absolute atomic E-state index is 0.0122. The molecule has 6 nitrogen and oxygen atoms in total. The molecular formula is C17H22N2O4. The first-order valence-corrected chi connectivity index (χ1v) is 7.96. The van der Waals surface area contributed by atoms with Gasteiger partial charge in [-0.25, -0.2) is 4.79 Å². The Bertz CT molecular complexity index is 567. The number of carbonyl (C=O) groups is 2. The van der Waals surface area contributed by atoms with E-state index in [0.29, 0.717) is 13.1 Å². The van der Waals surface area contributed by atoms with Crippen LogP contribution in [-0.4, -0.2) is 60.2 Å². The van der Waals surface area contributed by atoms with Gasteiger partial charge < -0.3 is 14.4 Å². The van der Waals surface area contributed by atoms with Crippen LogP contribution in [0.2, 0.25) is 0 Å². The monoisotopic (exact) mass is 318 g/mol. The zero-order valence-corrected chi connectivity index (χ0v) is 13.5. The highest BCUT2D eigenvalue weighted by atomic mass is 16.6. The lowest BCUT2D eigenvalue weighted by atomic mass is 10.1. The van der Waals surface area contributed by atoms with Crippen LogP contribution >= 0.6 is 0 Å². The maximum Gasteiger partial charge on any atom is 0.410 e. The second kappa shape index (κ2) is 6.58. The first kappa shape index (κ1) is 15.8. The smallest absolute Gasteiger partial charge is 0.410 e. The molecule has 2 heterocycles. The van der Waals surface area contributed by atoms with Crippen molar-refractivity contribution in [3.05, 3.63) is 35.9 Å². The summed E-state index contributed by atoms with van der Waals surface area (Å²) in [6, 6.07) is 9.45. The summed E-state index contributed by atoms with van der Waals surface area (Å²) in [5.74, 6) is -0.0632. The third kappa shape index (κ3) is 3.47. The zero-order chi connectivity index (χ0) is 16.4. The minimum atomic E-state index is -0.429. The highest BCUT2D eigenvalue weighted by molar-refractivity contribution is 5.83. The molecule has 0 N–H and O–H groups in total. The van der Waals surface area contributed by atoms with E-state index in [1.54, 1.807) is 4.90 Å². The Balaban J connectivity index is 1.69. The molecule has 2 aliphatic rings. The molecule has 124 valence electrons. The lowest BCUT2D eigenvalue weighted by molar-refractivity contribution is -0.143. The molecule has 2 aliphatic heterocycles. The van der Waals surface area contributed by atoms with E-state index in [0.717, 1.165) is 5.56 Å². The van der Waals surface area contributed by atoms with E-state index in [1.807, 2.05) is 44.2 Å². The molecule has 0 bridgehead atoms. The zero-order valence-electron chi connectivity index (χ0n) is 13.5. The van der Waals surface area contributed by atoms with E-state index in [-0.39, 0.29) is 37.3 Å². The van der Waals surface area contributed by atoms with E-state index in [9.17, 15) is 9.59 Å². The molecule has 2 fully saturated rings. The number of carbonyl (C=O) groups excluding carboxylic acids is 2. The molecule has 6 heteroatoms. The van der Waals surface area contributed by atoms with Crippen LogP contribution in [0, 0.1) is 0 Å². The lowest BCUT2D eigenvalue weighted by Gasteiger charge is -2.36. The fourth-order valence-electron chi connectivity index (χ4n) is 3.20. The summed E-state index contributed by atoms with van der Waals surface area (Å²) in [7, 11) is 0. The van der Waals surface area contributed by atoms with Crippen LogP contribution in [0.5, 0.6) is 0 Å². The number of ether oxygens (including phenoxy) is 2. The van der Waals surface area contributed by atoms with Crippen LogP contribution in [-0.2, 0) is 14.3 Å². The van der Waals surface area contributed by atoms with Gasteiger partial charge in [-0.2, -0.15) is 0 Å². The number of cyclic esters (lactones) is 1. The quantitative estimate of drug-likeness (QED) is 0.853. The topological polar surface area (TPSA) is 59.1 Å². The molecule has 2 amide bonds. The van der Waals surface area contributed by atoms with Crippen LogP contribution in [0.15, 0.2) is 30.3 Å². The van der Waals surface area contributed by atoms with E-state index in [1.165, 1.54) is 4.90 Å². The Labute approximate surface area is 136 Å². The fourth-order valence-corrected chi connectivity index (χ4v) is 3.20. The standard InChI is InChI=1S/C17H22N2O4/c1-12-8-18(9-13(2)23-12)16(20)10-19-15(11-22-17(19)21)14-6-4-3-5-7-14/h3-7,12-13,15H,8-11H2,1-2H3/t12-,13+,15-/m1/s1. The number of amides is 2. The second-order valence-electron chi connectivity index (χ2n) is 6.19. The largest absolute Gasteiger partial charge is 0.447 e. The Morgan fingerprint density at radius 1 is 1.17 bits per heavy atom. The molecule has 0 aromatic heterocycles. The summed E-state index contributed by atoms with van der Waals surface area (Å²) < 4.78 is 10.8. The molecule has 1 aromatic rings. The van der Waals surface area contributed by atoms with Gasteiger partial charge in [-0.15, -0.1) is 0 Å². The first-order chi connectivity index (χ1) is 11.0. The van der Waals surface area contributed by atoms with Crippen LogP contribution in [0.3, 0.4) is 0 Å². The van der Waals surface area contributed by atoms with E-state index >= 15 is 0 Å². The molecule has 0 spiro atoms. The Kier molecular flexibility index (Phi) is 4.52. The van der Waals surface area contributed by atoms with Gasteiger partial charge in [-0.05, 0) is 19.4 Å². The number of rotatable bonds is 3. The molecule has 1 aromatic carbocycles. The van der Waals surface area contributed by atoms with Crippen molar-refractivity contribution in [2.75, 3.05) is 26.2 Å². The minimum Gasteiger partial charge on any atom is -0.447 e. The predicted octanol–water partition coefficient (Wildman–Crippen LogP) is 1.82. The summed E-state index contributed by atoms with van der Waals surface area (Å²) in [5, 5.41) is 0. The summed E-state index contributed by atoms with van der Waals surface area (Å²) in [6.45, 7) is 5.34. The van der Waals surface area contributed by atoms with Crippen LogP contribution in [0.25, 0.3) is 0 Å². The van der Waals surface area contributed by atoms with Crippen molar-refractivity contribution in [1.29, 1.82) is 0 Å². The number of benzene rings is 1. The van der Waals surface area contributed by atoms with Gasteiger partial charge in [0.2, 0.25) is 5.91 Å².